The molecule has 0 aliphatic carbocycles. The zero-order chi connectivity index (χ0) is 31.7. The lowest BCUT2D eigenvalue weighted by atomic mass is 9.85. The first-order chi connectivity index (χ1) is 21.7. The molecule has 0 radical (unpaired) electrons. The van der Waals surface area contributed by atoms with Crippen molar-refractivity contribution >= 4 is 10.8 Å². The van der Waals surface area contributed by atoms with Crippen molar-refractivity contribution in [1.82, 2.24) is 0 Å². The summed E-state index contributed by atoms with van der Waals surface area (Å²) in [6.45, 7) is 0. The molecule has 0 saturated heterocycles. The van der Waals surface area contributed by atoms with E-state index in [0.717, 1.165) is 27.8 Å². The first-order valence-electron chi connectivity index (χ1n) is 14.5. The zero-order valence-corrected chi connectivity index (χ0v) is 24.3. The topological polar surface area (TPSA) is 142 Å². The Balaban J connectivity index is 1.62. The van der Waals surface area contributed by atoms with Gasteiger partial charge in [0.2, 0.25) is 0 Å². The summed E-state index contributed by atoms with van der Waals surface area (Å²) in [7, 11) is 0. The maximum Gasteiger partial charge on any atom is 0.134 e. The van der Waals surface area contributed by atoms with Crippen LogP contribution in [0, 0.1) is 0 Å². The van der Waals surface area contributed by atoms with Crippen LogP contribution in [-0.2, 0) is 25.7 Å². The molecule has 0 heterocycles. The van der Waals surface area contributed by atoms with Crippen LogP contribution in [0.15, 0.2) is 103 Å². The van der Waals surface area contributed by atoms with Crippen LogP contribution in [0.1, 0.15) is 44.5 Å². The summed E-state index contributed by atoms with van der Waals surface area (Å²) < 4.78 is 0. The molecule has 226 valence electrons. The van der Waals surface area contributed by atoms with E-state index in [9.17, 15) is 35.7 Å². The van der Waals surface area contributed by atoms with Gasteiger partial charge in [-0.2, -0.15) is 0 Å². The van der Waals surface area contributed by atoms with Gasteiger partial charge in [-0.25, -0.2) is 0 Å². The standard InChI is InChI=1S/C38H32O7/c39-28-9-1-22(2-10-28)17-26-21-27(18-23-3-11-29(40)12-4-23)36(43)35-34(26)32(19-24-5-13-30(41)14-6-24)37(44)33(38(35)45)20-25-7-15-31(42)16-8-25/h1-16,21,39-45H,17-20H2. The minimum Gasteiger partial charge on any atom is -0.508 e. The zero-order valence-electron chi connectivity index (χ0n) is 24.3. The lowest BCUT2D eigenvalue weighted by Crippen LogP contribution is -2.03. The molecule has 0 aromatic heterocycles. The fourth-order valence-electron chi connectivity index (χ4n) is 5.85. The van der Waals surface area contributed by atoms with Gasteiger partial charge >= 0.3 is 0 Å². The molecule has 0 bridgehead atoms. The van der Waals surface area contributed by atoms with Crippen LogP contribution in [0.4, 0.5) is 0 Å². The summed E-state index contributed by atoms with van der Waals surface area (Å²) in [5.41, 5.74) is 5.28. The maximum absolute atomic E-state index is 11.9. The Morgan fingerprint density at radius 1 is 0.311 bits per heavy atom. The van der Waals surface area contributed by atoms with E-state index in [2.05, 4.69) is 0 Å². The molecule has 6 rings (SSSR count). The average molecular weight is 601 g/mol. The van der Waals surface area contributed by atoms with Crippen LogP contribution < -0.4 is 0 Å². The van der Waals surface area contributed by atoms with E-state index in [0.29, 0.717) is 29.4 Å². The summed E-state index contributed by atoms with van der Waals surface area (Å²) in [5.74, 6) is -0.0279. The van der Waals surface area contributed by atoms with Crippen LogP contribution in [0.5, 0.6) is 40.2 Å². The van der Waals surface area contributed by atoms with Gasteiger partial charge in [-0.05, 0) is 93.7 Å². The number of hydrogen-bond acceptors (Lipinski definition) is 7. The van der Waals surface area contributed by atoms with E-state index < -0.39 is 0 Å². The van der Waals surface area contributed by atoms with E-state index >= 15 is 0 Å². The number of fused-ring (bicyclic) bond motifs is 1. The Labute approximate surface area is 259 Å². The van der Waals surface area contributed by atoms with Crippen LogP contribution in [0.3, 0.4) is 0 Å². The number of hydrogen-bond donors (Lipinski definition) is 7. The lowest BCUT2D eigenvalue weighted by molar-refractivity contribution is 0.436. The fourth-order valence-corrected chi connectivity index (χ4v) is 5.85. The molecule has 6 aromatic carbocycles. The molecule has 6 aromatic rings. The predicted octanol–water partition coefficient (Wildman–Crippen LogP) is 7.14. The Morgan fingerprint density at radius 2 is 0.667 bits per heavy atom. The van der Waals surface area contributed by atoms with E-state index in [1.807, 2.05) is 6.07 Å². The molecular weight excluding hydrogens is 568 g/mol. The molecule has 0 unspecified atom stereocenters. The summed E-state index contributed by atoms with van der Waals surface area (Å²) in [4.78, 5) is 0. The Kier molecular flexibility index (Phi) is 7.84. The molecule has 7 heteroatoms. The largest absolute Gasteiger partial charge is 0.508 e. The number of aromatic hydroxyl groups is 7. The summed E-state index contributed by atoms with van der Waals surface area (Å²) in [6, 6.07) is 28.5. The Hall–Kier alpha value is -5.82. The van der Waals surface area contributed by atoms with Crippen molar-refractivity contribution in [1.29, 1.82) is 0 Å². The van der Waals surface area contributed by atoms with Gasteiger partial charge in [-0.3, -0.25) is 0 Å². The van der Waals surface area contributed by atoms with Crippen molar-refractivity contribution in [2.45, 2.75) is 25.7 Å². The number of phenolic OH excluding ortho intramolecular Hbond substituents is 7. The number of benzene rings is 6. The monoisotopic (exact) mass is 600 g/mol. The molecule has 0 aliphatic rings. The quantitative estimate of drug-likeness (QED) is 0.0984. The number of rotatable bonds is 8. The molecule has 7 nitrogen and oxygen atoms in total. The molecule has 0 atom stereocenters. The van der Waals surface area contributed by atoms with Gasteiger partial charge in [-0.1, -0.05) is 54.6 Å². The second kappa shape index (κ2) is 12.1. The third-order valence-electron chi connectivity index (χ3n) is 8.15. The predicted molar refractivity (Wildman–Crippen MR) is 173 cm³/mol. The van der Waals surface area contributed by atoms with Crippen molar-refractivity contribution in [3.05, 3.63) is 148 Å². The fraction of sp³-hybridized carbons (Fsp3) is 0.105. The SMILES string of the molecule is Oc1ccc(Cc2cc(Cc3ccc(O)cc3)c3c(Cc4ccc(O)cc4)c(O)c(Cc4ccc(O)cc4)c(O)c3c2O)cc1. The molecule has 0 amide bonds. The molecule has 0 saturated carbocycles. The van der Waals surface area contributed by atoms with E-state index in [1.54, 1.807) is 84.9 Å². The second-order valence-corrected chi connectivity index (χ2v) is 11.3. The molecule has 0 spiro atoms. The van der Waals surface area contributed by atoms with Gasteiger partial charge in [0.25, 0.3) is 0 Å². The third-order valence-corrected chi connectivity index (χ3v) is 8.15. The van der Waals surface area contributed by atoms with Gasteiger partial charge in [0.15, 0.2) is 0 Å². The summed E-state index contributed by atoms with van der Waals surface area (Å²) >= 11 is 0. The van der Waals surface area contributed by atoms with Crippen molar-refractivity contribution in [3.63, 3.8) is 0 Å². The van der Waals surface area contributed by atoms with Crippen molar-refractivity contribution in [2.75, 3.05) is 0 Å². The Morgan fingerprint density at radius 3 is 1.09 bits per heavy atom. The number of phenols is 7. The van der Waals surface area contributed by atoms with Crippen LogP contribution in [0.25, 0.3) is 10.8 Å². The molecule has 0 aliphatic heterocycles. The van der Waals surface area contributed by atoms with Crippen LogP contribution in [-0.4, -0.2) is 35.7 Å². The van der Waals surface area contributed by atoms with Gasteiger partial charge in [0.1, 0.15) is 40.2 Å². The molecule has 7 N–H and O–H groups in total. The van der Waals surface area contributed by atoms with Gasteiger partial charge in [0, 0.05) is 30.4 Å². The Bertz CT molecular complexity index is 1980. The maximum atomic E-state index is 11.9. The molecule has 0 fully saturated rings. The smallest absolute Gasteiger partial charge is 0.134 e. The highest BCUT2D eigenvalue weighted by atomic mass is 16.3. The summed E-state index contributed by atoms with van der Waals surface area (Å²) in [6.07, 6.45) is 1.06. The van der Waals surface area contributed by atoms with E-state index in [4.69, 9.17) is 0 Å². The van der Waals surface area contributed by atoms with Gasteiger partial charge < -0.3 is 35.7 Å². The van der Waals surface area contributed by atoms with Crippen LogP contribution in [0.2, 0.25) is 0 Å². The first kappa shape index (κ1) is 29.3. The van der Waals surface area contributed by atoms with E-state index in [-0.39, 0.29) is 64.0 Å². The summed E-state index contributed by atoms with van der Waals surface area (Å²) in [5, 5.41) is 75.6. The molecule has 45 heavy (non-hydrogen) atoms. The van der Waals surface area contributed by atoms with E-state index in [1.165, 1.54) is 12.1 Å². The highest BCUT2D eigenvalue weighted by Crippen LogP contribution is 2.48. The van der Waals surface area contributed by atoms with Crippen molar-refractivity contribution < 1.29 is 35.7 Å². The second-order valence-electron chi connectivity index (χ2n) is 11.3. The molecular formula is C38H32O7. The normalized spacial score (nSPS) is 11.2. The van der Waals surface area contributed by atoms with Crippen molar-refractivity contribution in [2.24, 2.45) is 0 Å². The minimum absolute atomic E-state index is 0.0918. The lowest BCUT2D eigenvalue weighted by Gasteiger charge is -2.22. The van der Waals surface area contributed by atoms with Gasteiger partial charge in [-0.15, -0.1) is 0 Å². The van der Waals surface area contributed by atoms with Crippen molar-refractivity contribution in [3.8, 4) is 40.2 Å². The average Bonchev–Trinajstić information content (AvgIpc) is 3.03. The highest BCUT2D eigenvalue weighted by molar-refractivity contribution is 6.02. The minimum atomic E-state index is -0.248. The van der Waals surface area contributed by atoms with Gasteiger partial charge in [0.05, 0.1) is 5.39 Å². The first-order valence-corrected chi connectivity index (χ1v) is 14.5. The highest BCUT2D eigenvalue weighted by Gasteiger charge is 2.26. The van der Waals surface area contributed by atoms with Crippen LogP contribution >= 0.6 is 0 Å². The third kappa shape index (κ3) is 6.15.